The lowest BCUT2D eigenvalue weighted by Crippen LogP contribution is -2.41. The predicted octanol–water partition coefficient (Wildman–Crippen LogP) is 5.35. The van der Waals surface area contributed by atoms with Crippen LogP contribution in [-0.4, -0.2) is 21.3 Å². The highest BCUT2D eigenvalue weighted by molar-refractivity contribution is 6.09. The number of aliphatic imine (C=N–C) groups is 1. The van der Waals surface area contributed by atoms with E-state index in [-0.39, 0.29) is 0 Å². The molecule has 2 N–H and O–H groups in total. The lowest BCUT2D eigenvalue weighted by molar-refractivity contribution is 0.170. The molecule has 1 aromatic carbocycles. The second-order valence-electron chi connectivity index (χ2n) is 10.0. The summed E-state index contributed by atoms with van der Waals surface area (Å²) in [4.78, 5) is 13.1. The number of nitrogens with zero attached hydrogens (tertiary/aromatic N) is 3. The van der Waals surface area contributed by atoms with Crippen molar-refractivity contribution in [3.63, 3.8) is 0 Å². The summed E-state index contributed by atoms with van der Waals surface area (Å²) in [7, 11) is 0. The van der Waals surface area contributed by atoms with Gasteiger partial charge in [0.2, 0.25) is 5.88 Å². The molecule has 0 spiro atoms. The third kappa shape index (κ3) is 3.02. The molecule has 0 radical (unpaired) electrons. The summed E-state index contributed by atoms with van der Waals surface area (Å²) in [6.07, 6.45) is 10.8. The Bertz CT molecular complexity index is 969. The maximum absolute atomic E-state index is 6.13. The standard InChI is InChI=1S/C24H30N4O/c1-22(2)19(28-18-20(25)26-15-27-21(18)29-22)16-5-7-17(8-6-16)24-10-4-9-23(3,11-13-24)12-14-24/h5-8,15H,4,9-14H2,1-3H3,(H2,25,26,27). The smallest absolute Gasteiger partial charge is 0.246 e. The van der Waals surface area contributed by atoms with Crippen LogP contribution in [0.5, 0.6) is 5.88 Å². The third-order valence-electron chi connectivity index (χ3n) is 7.58. The fraction of sp³-hybridized carbons (Fsp3) is 0.542. The van der Waals surface area contributed by atoms with Gasteiger partial charge in [-0.05, 0) is 68.8 Å². The number of ether oxygens (including phenoxy) is 1. The highest BCUT2D eigenvalue weighted by Gasteiger charge is 2.44. The molecule has 5 nitrogen and oxygen atoms in total. The van der Waals surface area contributed by atoms with Crippen LogP contribution in [-0.2, 0) is 5.41 Å². The minimum Gasteiger partial charge on any atom is -0.463 e. The number of nitrogen functional groups attached to an aromatic ring is 1. The zero-order valence-corrected chi connectivity index (χ0v) is 17.7. The van der Waals surface area contributed by atoms with Crippen LogP contribution in [0.25, 0.3) is 0 Å². The molecule has 1 aromatic heterocycles. The van der Waals surface area contributed by atoms with E-state index in [9.17, 15) is 0 Å². The van der Waals surface area contributed by atoms with Crippen molar-refractivity contribution in [1.29, 1.82) is 0 Å². The SMILES string of the molecule is CC12CCCC(c3ccc(C4=Nc5c(N)ncnc5OC4(C)C)cc3)(CC1)CC2. The van der Waals surface area contributed by atoms with Gasteiger partial charge in [0.25, 0.3) is 0 Å². The van der Waals surface area contributed by atoms with E-state index in [0.29, 0.717) is 28.2 Å². The lowest BCUT2D eigenvalue weighted by Gasteiger charge is -2.42. The Morgan fingerprint density at radius 1 is 0.897 bits per heavy atom. The average Bonchev–Trinajstić information content (AvgIpc) is 2.97. The molecular weight excluding hydrogens is 360 g/mol. The molecule has 29 heavy (non-hydrogen) atoms. The highest BCUT2D eigenvalue weighted by atomic mass is 16.5. The first-order valence-electron chi connectivity index (χ1n) is 10.8. The van der Waals surface area contributed by atoms with Gasteiger partial charge in [0.05, 0.1) is 5.71 Å². The minimum absolute atomic E-state index is 0.349. The van der Waals surface area contributed by atoms with E-state index in [1.54, 1.807) is 0 Å². The Kier molecular flexibility index (Phi) is 4.03. The second kappa shape index (κ2) is 6.28. The maximum atomic E-state index is 6.13. The van der Waals surface area contributed by atoms with Crippen molar-refractivity contribution < 1.29 is 4.74 Å². The second-order valence-corrected chi connectivity index (χ2v) is 10.0. The van der Waals surface area contributed by atoms with Gasteiger partial charge >= 0.3 is 0 Å². The van der Waals surface area contributed by atoms with E-state index in [1.165, 1.54) is 56.8 Å². The van der Waals surface area contributed by atoms with Crippen molar-refractivity contribution in [1.82, 2.24) is 9.97 Å². The van der Waals surface area contributed by atoms with E-state index in [2.05, 4.69) is 41.2 Å². The Balaban J connectivity index is 1.50. The molecule has 4 aliphatic rings. The molecule has 0 unspecified atom stereocenters. The van der Waals surface area contributed by atoms with Gasteiger partial charge in [-0.3, -0.25) is 0 Å². The summed E-state index contributed by atoms with van der Waals surface area (Å²) in [6.45, 7) is 6.53. The molecule has 2 heterocycles. The molecular formula is C24H30N4O. The van der Waals surface area contributed by atoms with Gasteiger partial charge in [0, 0.05) is 5.56 Å². The van der Waals surface area contributed by atoms with Crippen LogP contribution in [0.3, 0.4) is 0 Å². The predicted molar refractivity (Wildman–Crippen MR) is 116 cm³/mol. The molecule has 6 rings (SSSR count). The molecule has 1 aliphatic heterocycles. The molecule has 3 saturated carbocycles. The van der Waals surface area contributed by atoms with E-state index < -0.39 is 5.60 Å². The number of fused-ring (bicyclic) bond motifs is 5. The van der Waals surface area contributed by atoms with Crippen molar-refractivity contribution in [2.24, 2.45) is 10.4 Å². The molecule has 0 amide bonds. The van der Waals surface area contributed by atoms with Crippen LogP contribution in [0.4, 0.5) is 11.5 Å². The van der Waals surface area contributed by atoms with Crippen molar-refractivity contribution >= 4 is 17.2 Å². The number of anilines is 1. The molecule has 3 fully saturated rings. The van der Waals surface area contributed by atoms with Crippen LogP contribution in [0.15, 0.2) is 35.6 Å². The molecule has 2 aromatic rings. The summed E-state index contributed by atoms with van der Waals surface area (Å²) < 4.78 is 6.13. The number of hydrogen-bond donors (Lipinski definition) is 1. The number of benzene rings is 1. The lowest BCUT2D eigenvalue weighted by atomic mass is 9.63. The number of hydrogen-bond acceptors (Lipinski definition) is 5. The van der Waals surface area contributed by atoms with Crippen molar-refractivity contribution in [2.45, 2.75) is 76.7 Å². The summed E-state index contributed by atoms with van der Waals surface area (Å²) in [6, 6.07) is 9.06. The van der Waals surface area contributed by atoms with E-state index in [4.69, 9.17) is 15.5 Å². The van der Waals surface area contributed by atoms with E-state index in [1.807, 2.05) is 13.8 Å². The van der Waals surface area contributed by atoms with Crippen LogP contribution in [0, 0.1) is 5.41 Å². The summed E-state index contributed by atoms with van der Waals surface area (Å²) >= 11 is 0. The van der Waals surface area contributed by atoms with Crippen LogP contribution in [0.2, 0.25) is 0 Å². The summed E-state index contributed by atoms with van der Waals surface area (Å²) in [5, 5.41) is 0. The zero-order chi connectivity index (χ0) is 20.3. The number of aromatic nitrogens is 2. The first kappa shape index (κ1) is 18.6. The molecule has 2 bridgehead atoms. The zero-order valence-electron chi connectivity index (χ0n) is 17.7. The molecule has 5 heteroatoms. The Labute approximate surface area is 172 Å². The van der Waals surface area contributed by atoms with Crippen molar-refractivity contribution in [2.75, 3.05) is 5.73 Å². The van der Waals surface area contributed by atoms with Crippen LogP contribution >= 0.6 is 0 Å². The van der Waals surface area contributed by atoms with Gasteiger partial charge in [-0.1, -0.05) is 37.6 Å². The van der Waals surface area contributed by atoms with Crippen LogP contribution in [0.1, 0.15) is 76.8 Å². The molecule has 0 saturated heterocycles. The summed E-state index contributed by atoms with van der Waals surface area (Å²) in [5.74, 6) is 0.799. The Hall–Kier alpha value is -2.43. The third-order valence-corrected chi connectivity index (χ3v) is 7.58. The van der Waals surface area contributed by atoms with Gasteiger partial charge in [0.1, 0.15) is 11.9 Å². The normalized spacial score (nSPS) is 30.1. The van der Waals surface area contributed by atoms with Gasteiger partial charge in [0.15, 0.2) is 11.5 Å². The fourth-order valence-electron chi connectivity index (χ4n) is 5.60. The number of nitrogens with two attached hydrogens (primary N) is 1. The highest BCUT2D eigenvalue weighted by Crippen LogP contribution is 2.55. The number of rotatable bonds is 2. The van der Waals surface area contributed by atoms with Gasteiger partial charge in [-0.25, -0.2) is 9.98 Å². The largest absolute Gasteiger partial charge is 0.463 e. The van der Waals surface area contributed by atoms with Gasteiger partial charge in [-0.2, -0.15) is 4.98 Å². The maximum Gasteiger partial charge on any atom is 0.246 e. The first-order valence-corrected chi connectivity index (χ1v) is 10.8. The quantitative estimate of drug-likeness (QED) is 0.750. The fourth-order valence-corrected chi connectivity index (χ4v) is 5.60. The van der Waals surface area contributed by atoms with Gasteiger partial charge < -0.3 is 10.5 Å². The summed E-state index contributed by atoms with van der Waals surface area (Å²) in [5.41, 5.74) is 10.3. The van der Waals surface area contributed by atoms with E-state index in [0.717, 1.165) is 11.3 Å². The monoisotopic (exact) mass is 390 g/mol. The van der Waals surface area contributed by atoms with E-state index >= 15 is 0 Å². The topological polar surface area (TPSA) is 73.4 Å². The minimum atomic E-state index is -0.581. The average molecular weight is 391 g/mol. The van der Waals surface area contributed by atoms with Crippen molar-refractivity contribution in [3.05, 3.63) is 41.7 Å². The van der Waals surface area contributed by atoms with Crippen molar-refractivity contribution in [3.8, 4) is 5.88 Å². The van der Waals surface area contributed by atoms with Gasteiger partial charge in [-0.15, -0.1) is 0 Å². The van der Waals surface area contributed by atoms with Crippen LogP contribution < -0.4 is 10.5 Å². The Morgan fingerprint density at radius 3 is 2.34 bits per heavy atom. The molecule has 152 valence electrons. The first-order chi connectivity index (χ1) is 13.8. The Morgan fingerprint density at radius 2 is 1.62 bits per heavy atom. The molecule has 0 atom stereocenters. The molecule has 3 aliphatic carbocycles.